The van der Waals surface area contributed by atoms with E-state index in [1.165, 1.54) is 0 Å². The van der Waals surface area contributed by atoms with Crippen LogP contribution in [0.15, 0.2) is 47.6 Å². The third-order valence-electron chi connectivity index (χ3n) is 4.75. The Hall–Kier alpha value is -1.76. The molecule has 7 heteroatoms. The lowest BCUT2D eigenvalue weighted by atomic mass is 10.1. The van der Waals surface area contributed by atoms with E-state index in [-0.39, 0.29) is 11.9 Å². The number of thioether (sulfide) groups is 1. The number of pyridine rings is 1. The lowest BCUT2D eigenvalue weighted by molar-refractivity contribution is -0.121. The molecule has 0 bridgehead atoms. The Labute approximate surface area is 169 Å². The van der Waals surface area contributed by atoms with E-state index in [9.17, 15) is 4.79 Å². The summed E-state index contributed by atoms with van der Waals surface area (Å²) in [6.45, 7) is 3.73. The van der Waals surface area contributed by atoms with E-state index in [4.69, 9.17) is 16.3 Å². The van der Waals surface area contributed by atoms with Crippen LogP contribution in [0.4, 0.5) is 5.69 Å². The van der Waals surface area contributed by atoms with Gasteiger partial charge in [-0.15, -0.1) is 11.8 Å². The lowest BCUT2D eigenvalue weighted by Gasteiger charge is -2.35. The molecule has 1 N–H and O–H groups in total. The number of benzene rings is 1. The first-order chi connectivity index (χ1) is 13.1. The molecule has 1 fully saturated rings. The number of hydrogen-bond donors (Lipinski definition) is 1. The fraction of sp³-hybridized carbons (Fsp3) is 0.400. The molecule has 0 spiro atoms. The fourth-order valence-electron chi connectivity index (χ4n) is 3.15. The molecule has 1 unspecified atom stereocenters. The highest BCUT2D eigenvalue weighted by atomic mass is 35.5. The molecule has 1 saturated heterocycles. The van der Waals surface area contributed by atoms with Crippen molar-refractivity contribution < 1.29 is 9.53 Å². The summed E-state index contributed by atoms with van der Waals surface area (Å²) in [7, 11) is 1.58. The van der Waals surface area contributed by atoms with Gasteiger partial charge in [0.15, 0.2) is 0 Å². The number of nitrogens with zero attached hydrogens (tertiary/aromatic N) is 2. The van der Waals surface area contributed by atoms with Crippen molar-refractivity contribution in [3.63, 3.8) is 0 Å². The second kappa shape index (κ2) is 9.44. The molecule has 1 amide bonds. The van der Waals surface area contributed by atoms with E-state index in [2.05, 4.69) is 15.2 Å². The molecule has 27 heavy (non-hydrogen) atoms. The number of piperidine rings is 1. The second-order valence-electron chi connectivity index (χ2n) is 6.53. The molecule has 2 aromatic rings. The minimum absolute atomic E-state index is 0.0496. The predicted octanol–water partition coefficient (Wildman–Crippen LogP) is 4.33. The van der Waals surface area contributed by atoms with Crippen LogP contribution in [0.2, 0.25) is 5.02 Å². The molecule has 144 valence electrons. The number of aromatic nitrogens is 1. The van der Waals surface area contributed by atoms with Crippen LogP contribution < -0.4 is 10.1 Å². The average molecular weight is 406 g/mol. The van der Waals surface area contributed by atoms with E-state index in [0.29, 0.717) is 21.7 Å². The molecule has 0 saturated carbocycles. The summed E-state index contributed by atoms with van der Waals surface area (Å²) < 4.78 is 5.30. The molecule has 0 radical (unpaired) electrons. The van der Waals surface area contributed by atoms with Gasteiger partial charge in [0.25, 0.3) is 0 Å². The van der Waals surface area contributed by atoms with Crippen molar-refractivity contribution in [1.29, 1.82) is 0 Å². The molecule has 2 heterocycles. The van der Waals surface area contributed by atoms with Gasteiger partial charge in [0, 0.05) is 16.5 Å². The Kier molecular flexibility index (Phi) is 6.99. The largest absolute Gasteiger partial charge is 0.495 e. The summed E-state index contributed by atoms with van der Waals surface area (Å²) in [6.07, 6.45) is 3.91. The maximum Gasteiger partial charge on any atom is 0.241 e. The zero-order chi connectivity index (χ0) is 19.2. The number of ether oxygens (including phenoxy) is 1. The van der Waals surface area contributed by atoms with Crippen LogP contribution >= 0.6 is 23.4 Å². The first-order valence-electron chi connectivity index (χ1n) is 9.03. The number of nitrogens with one attached hydrogen (secondary N) is 1. The zero-order valence-electron chi connectivity index (χ0n) is 15.5. The van der Waals surface area contributed by atoms with Crippen molar-refractivity contribution in [3.05, 3.63) is 47.6 Å². The Morgan fingerprint density at radius 3 is 2.78 bits per heavy atom. The molecule has 1 aliphatic rings. The minimum Gasteiger partial charge on any atom is -0.495 e. The Balaban J connectivity index is 1.53. The van der Waals surface area contributed by atoms with E-state index in [0.717, 1.165) is 31.0 Å². The second-order valence-corrected chi connectivity index (χ2v) is 8.29. The van der Waals surface area contributed by atoms with Crippen molar-refractivity contribution in [3.8, 4) is 5.75 Å². The quantitative estimate of drug-likeness (QED) is 0.775. The normalized spacial score (nSPS) is 16.7. The summed E-state index contributed by atoms with van der Waals surface area (Å²) in [5.74, 6) is 0.553. The summed E-state index contributed by atoms with van der Waals surface area (Å²) in [6, 6.07) is 11.0. The van der Waals surface area contributed by atoms with Crippen LogP contribution in [0.25, 0.3) is 0 Å². The first kappa shape index (κ1) is 20.0. The highest BCUT2D eigenvalue weighted by Crippen LogP contribution is 2.30. The summed E-state index contributed by atoms with van der Waals surface area (Å²) in [4.78, 5) is 19.3. The predicted molar refractivity (Wildman–Crippen MR) is 111 cm³/mol. The van der Waals surface area contributed by atoms with Crippen molar-refractivity contribution in [2.24, 2.45) is 0 Å². The monoisotopic (exact) mass is 405 g/mol. The number of hydrogen-bond acceptors (Lipinski definition) is 5. The number of likely N-dealkylation sites (tertiary alicyclic amines) is 1. The molecule has 0 aliphatic carbocycles. The van der Waals surface area contributed by atoms with E-state index >= 15 is 0 Å². The van der Waals surface area contributed by atoms with Crippen LogP contribution in [0.5, 0.6) is 5.75 Å². The van der Waals surface area contributed by atoms with Gasteiger partial charge >= 0.3 is 0 Å². The highest BCUT2D eigenvalue weighted by molar-refractivity contribution is 7.99. The topological polar surface area (TPSA) is 54.5 Å². The van der Waals surface area contributed by atoms with Gasteiger partial charge in [-0.3, -0.25) is 9.69 Å². The summed E-state index contributed by atoms with van der Waals surface area (Å²) >= 11 is 7.87. The first-order valence-corrected chi connectivity index (χ1v) is 10.3. The van der Waals surface area contributed by atoms with Gasteiger partial charge in [-0.1, -0.05) is 17.7 Å². The SMILES string of the molecule is COc1ccc(Cl)cc1NC(=O)C(C)N1CCC(Sc2ccccn2)CC1. The van der Waals surface area contributed by atoms with Crippen LogP contribution in [0, 0.1) is 0 Å². The summed E-state index contributed by atoms with van der Waals surface area (Å²) in [5, 5.41) is 5.11. The van der Waals surface area contributed by atoms with Crippen molar-refractivity contribution in [2.75, 3.05) is 25.5 Å². The molecule has 1 atom stereocenters. The minimum atomic E-state index is -0.213. The maximum atomic E-state index is 12.7. The smallest absolute Gasteiger partial charge is 0.241 e. The Morgan fingerprint density at radius 2 is 2.11 bits per heavy atom. The molecule has 5 nitrogen and oxygen atoms in total. The zero-order valence-corrected chi connectivity index (χ0v) is 17.1. The van der Waals surface area contributed by atoms with Gasteiger partial charge in [-0.2, -0.15) is 0 Å². The van der Waals surface area contributed by atoms with Gasteiger partial charge in [0.1, 0.15) is 5.75 Å². The van der Waals surface area contributed by atoms with E-state index < -0.39 is 0 Å². The van der Waals surface area contributed by atoms with Crippen LogP contribution in [-0.4, -0.2) is 47.3 Å². The average Bonchev–Trinajstić information content (AvgIpc) is 2.69. The van der Waals surface area contributed by atoms with Gasteiger partial charge in [-0.05, 0) is 63.2 Å². The highest BCUT2D eigenvalue weighted by Gasteiger charge is 2.27. The van der Waals surface area contributed by atoms with Crippen LogP contribution in [-0.2, 0) is 4.79 Å². The Morgan fingerprint density at radius 1 is 1.33 bits per heavy atom. The van der Waals surface area contributed by atoms with Gasteiger partial charge < -0.3 is 10.1 Å². The standard InChI is InChI=1S/C20H24ClN3O2S/c1-14(20(25)23-17-13-15(21)6-7-18(17)26-2)24-11-8-16(9-12-24)27-19-5-3-4-10-22-19/h3-7,10,13-14,16H,8-9,11-12H2,1-2H3,(H,23,25). The van der Waals surface area contributed by atoms with Gasteiger partial charge in [0.2, 0.25) is 5.91 Å². The number of amides is 1. The number of anilines is 1. The van der Waals surface area contributed by atoms with Gasteiger partial charge in [0.05, 0.1) is 23.9 Å². The summed E-state index contributed by atoms with van der Waals surface area (Å²) in [5.41, 5.74) is 0.599. The number of methoxy groups -OCH3 is 1. The molecule has 1 aliphatic heterocycles. The lowest BCUT2D eigenvalue weighted by Crippen LogP contribution is -2.46. The number of carbonyl (C=O) groups is 1. The Bertz CT molecular complexity index is 767. The fourth-order valence-corrected chi connectivity index (χ4v) is 4.39. The van der Waals surface area contributed by atoms with Crippen molar-refractivity contribution in [1.82, 2.24) is 9.88 Å². The number of halogens is 1. The number of rotatable bonds is 6. The van der Waals surface area contributed by atoms with E-state index in [1.807, 2.05) is 43.1 Å². The third-order valence-corrected chi connectivity index (χ3v) is 6.27. The molecule has 3 rings (SSSR count). The van der Waals surface area contributed by atoms with Gasteiger partial charge in [-0.25, -0.2) is 4.98 Å². The third kappa shape index (κ3) is 5.37. The molecule has 1 aromatic heterocycles. The molecular formula is C20H24ClN3O2S. The maximum absolute atomic E-state index is 12.7. The van der Waals surface area contributed by atoms with E-state index in [1.54, 1.807) is 25.3 Å². The van der Waals surface area contributed by atoms with Crippen LogP contribution in [0.1, 0.15) is 19.8 Å². The van der Waals surface area contributed by atoms with Crippen molar-refractivity contribution >= 4 is 35.0 Å². The number of carbonyl (C=O) groups excluding carboxylic acids is 1. The van der Waals surface area contributed by atoms with Crippen molar-refractivity contribution in [2.45, 2.75) is 36.1 Å². The molecule has 1 aromatic carbocycles. The molecular weight excluding hydrogens is 382 g/mol. The van der Waals surface area contributed by atoms with Crippen LogP contribution in [0.3, 0.4) is 0 Å².